The van der Waals surface area contributed by atoms with Gasteiger partial charge >= 0.3 is 0 Å². The predicted molar refractivity (Wildman–Crippen MR) is 97.8 cm³/mol. The van der Waals surface area contributed by atoms with Crippen LogP contribution in [0.2, 0.25) is 0 Å². The summed E-state index contributed by atoms with van der Waals surface area (Å²) in [5, 5.41) is 8.76. The fraction of sp³-hybridized carbons (Fsp3) is 0.526. The zero-order valence-electron chi connectivity index (χ0n) is 16.0. The molecular weight excluding hydrogens is 300 g/mol. The quantitative estimate of drug-likeness (QED) is 0.704. The van der Waals surface area contributed by atoms with Crippen LogP contribution in [0.15, 0.2) is 34.9 Å². The fourth-order valence-electron chi connectivity index (χ4n) is 2.56. The molecule has 0 amide bonds. The molecule has 0 atom stereocenters. The van der Waals surface area contributed by atoms with Gasteiger partial charge in [-0.3, -0.25) is 0 Å². The van der Waals surface area contributed by atoms with E-state index in [1.807, 2.05) is 11.6 Å². The largest absolute Gasteiger partial charge is 0.496 e. The zero-order valence-corrected chi connectivity index (χ0v) is 16.0. The molecule has 1 aromatic carbocycles. The minimum atomic E-state index is -0.0522. The van der Waals surface area contributed by atoms with E-state index in [-0.39, 0.29) is 10.8 Å². The van der Waals surface area contributed by atoms with E-state index in [0.29, 0.717) is 0 Å². The molecule has 1 heterocycles. The number of ether oxygens (including phenoxy) is 1. The Balaban J connectivity index is 2.61. The van der Waals surface area contributed by atoms with Crippen LogP contribution in [0, 0.1) is 0 Å². The molecule has 24 heavy (non-hydrogen) atoms. The molecule has 0 aliphatic rings. The highest BCUT2D eigenvalue weighted by Crippen LogP contribution is 2.42. The number of aryl methyl sites for hydroxylation is 1. The lowest BCUT2D eigenvalue weighted by Gasteiger charge is -2.29. The minimum absolute atomic E-state index is 0.0522. The van der Waals surface area contributed by atoms with Gasteiger partial charge in [0.05, 0.1) is 25.3 Å². The zero-order chi connectivity index (χ0) is 18.1. The molecular formula is C19H28N4O. The van der Waals surface area contributed by atoms with Gasteiger partial charge in [0.15, 0.2) is 5.82 Å². The highest BCUT2D eigenvalue weighted by molar-refractivity contribution is 5.57. The Kier molecular flexibility index (Phi) is 4.83. The monoisotopic (exact) mass is 328 g/mol. The molecule has 0 spiro atoms. The number of aromatic nitrogens is 2. The summed E-state index contributed by atoms with van der Waals surface area (Å²) >= 11 is 0. The van der Waals surface area contributed by atoms with E-state index in [9.17, 15) is 0 Å². The Morgan fingerprint density at radius 2 is 1.50 bits per heavy atom. The average molecular weight is 328 g/mol. The highest BCUT2D eigenvalue weighted by Gasteiger charge is 2.27. The summed E-state index contributed by atoms with van der Waals surface area (Å²) in [4.78, 5) is 4.06. The molecule has 1 aromatic heterocycles. The van der Waals surface area contributed by atoms with E-state index < -0.39 is 0 Å². The normalized spacial score (nSPS) is 12.8. The number of imidazole rings is 1. The Bertz CT molecular complexity index is 710. The lowest BCUT2D eigenvalue weighted by atomic mass is 9.79. The molecule has 0 radical (unpaired) electrons. The molecule has 5 nitrogen and oxygen atoms in total. The van der Waals surface area contributed by atoms with E-state index in [4.69, 9.17) is 4.74 Å². The van der Waals surface area contributed by atoms with Crippen LogP contribution < -0.4 is 4.74 Å². The number of benzene rings is 1. The van der Waals surface area contributed by atoms with Crippen molar-refractivity contribution in [3.63, 3.8) is 0 Å². The number of hydrogen-bond acceptors (Lipinski definition) is 4. The van der Waals surface area contributed by atoms with Gasteiger partial charge < -0.3 is 9.30 Å². The first-order chi connectivity index (χ1) is 11.0. The van der Waals surface area contributed by atoms with Gasteiger partial charge in [0.1, 0.15) is 5.75 Å². The highest BCUT2D eigenvalue weighted by atomic mass is 16.5. The molecule has 2 aromatic rings. The lowest BCUT2D eigenvalue weighted by Crippen LogP contribution is -2.18. The minimum Gasteiger partial charge on any atom is -0.496 e. The Hall–Kier alpha value is -2.17. The van der Waals surface area contributed by atoms with E-state index in [0.717, 1.165) is 28.4 Å². The van der Waals surface area contributed by atoms with Crippen LogP contribution in [0.1, 0.15) is 52.7 Å². The Morgan fingerprint density at radius 1 is 0.958 bits per heavy atom. The molecule has 5 heteroatoms. The van der Waals surface area contributed by atoms with E-state index in [2.05, 4.69) is 68.9 Å². The third-order valence-corrected chi connectivity index (χ3v) is 3.95. The molecule has 0 saturated heterocycles. The van der Waals surface area contributed by atoms with Gasteiger partial charge in [-0.25, -0.2) is 4.98 Å². The molecule has 0 fully saturated rings. The first kappa shape index (κ1) is 18.2. The van der Waals surface area contributed by atoms with Crippen LogP contribution in [0.4, 0.5) is 11.5 Å². The van der Waals surface area contributed by atoms with Gasteiger partial charge in [-0.2, -0.15) is 0 Å². The van der Waals surface area contributed by atoms with Crippen LogP contribution in [-0.4, -0.2) is 16.7 Å². The Morgan fingerprint density at radius 3 is 1.88 bits per heavy atom. The van der Waals surface area contributed by atoms with Crippen molar-refractivity contribution in [3.8, 4) is 5.75 Å². The number of rotatable bonds is 3. The summed E-state index contributed by atoms with van der Waals surface area (Å²) in [6, 6.07) is 4.13. The molecule has 0 bridgehead atoms. The number of methoxy groups -OCH3 is 1. The van der Waals surface area contributed by atoms with Crippen LogP contribution in [0.25, 0.3) is 0 Å². The topological polar surface area (TPSA) is 51.8 Å². The molecule has 0 aliphatic heterocycles. The van der Waals surface area contributed by atoms with Gasteiger partial charge in [0.2, 0.25) is 0 Å². The standard InChI is InChI=1S/C19H28N4O/c1-18(2,3)14-9-13(21-22-16-11-20-12-23(16)7)10-15(17(14)24-8)19(4,5)6/h9-12H,1-8H3. The third kappa shape index (κ3) is 3.83. The molecule has 0 aliphatic carbocycles. The van der Waals surface area contributed by atoms with E-state index >= 15 is 0 Å². The molecule has 0 saturated carbocycles. The predicted octanol–water partition coefficient (Wildman–Crippen LogP) is 5.44. The summed E-state index contributed by atoms with van der Waals surface area (Å²) in [6.45, 7) is 13.1. The van der Waals surface area contributed by atoms with Crippen LogP contribution in [0.3, 0.4) is 0 Å². The summed E-state index contributed by atoms with van der Waals surface area (Å²) < 4.78 is 7.60. The number of azo groups is 1. The van der Waals surface area contributed by atoms with Crippen LogP contribution >= 0.6 is 0 Å². The second-order valence-electron chi connectivity index (χ2n) is 8.14. The van der Waals surface area contributed by atoms with Crippen molar-refractivity contribution in [1.82, 2.24) is 9.55 Å². The summed E-state index contributed by atoms with van der Waals surface area (Å²) in [7, 11) is 3.63. The number of hydrogen-bond donors (Lipinski definition) is 0. The SMILES string of the molecule is COc1c(C(C)(C)C)cc(N=Nc2cncn2C)cc1C(C)(C)C. The second-order valence-corrected chi connectivity index (χ2v) is 8.14. The van der Waals surface area contributed by atoms with Gasteiger partial charge in [0.25, 0.3) is 0 Å². The van der Waals surface area contributed by atoms with Crippen molar-refractivity contribution in [3.05, 3.63) is 35.8 Å². The van der Waals surface area contributed by atoms with Crippen molar-refractivity contribution in [2.45, 2.75) is 52.4 Å². The van der Waals surface area contributed by atoms with Gasteiger partial charge in [0, 0.05) is 18.2 Å². The van der Waals surface area contributed by atoms with Crippen LogP contribution in [0.5, 0.6) is 5.75 Å². The second kappa shape index (κ2) is 6.38. The van der Waals surface area contributed by atoms with Crippen LogP contribution in [-0.2, 0) is 17.9 Å². The van der Waals surface area contributed by atoms with E-state index in [1.165, 1.54) is 0 Å². The first-order valence-corrected chi connectivity index (χ1v) is 8.15. The third-order valence-electron chi connectivity index (χ3n) is 3.95. The molecule has 130 valence electrons. The summed E-state index contributed by atoms with van der Waals surface area (Å²) in [5.41, 5.74) is 2.99. The Labute approximate surface area is 144 Å². The maximum Gasteiger partial charge on any atom is 0.174 e. The molecule has 0 N–H and O–H groups in total. The van der Waals surface area contributed by atoms with Gasteiger partial charge in [-0.15, -0.1) is 10.2 Å². The molecule has 0 unspecified atom stereocenters. The van der Waals surface area contributed by atoms with Crippen molar-refractivity contribution < 1.29 is 4.74 Å². The maximum atomic E-state index is 5.77. The number of nitrogens with zero attached hydrogens (tertiary/aromatic N) is 4. The lowest BCUT2D eigenvalue weighted by molar-refractivity contribution is 0.381. The first-order valence-electron chi connectivity index (χ1n) is 8.15. The fourth-order valence-corrected chi connectivity index (χ4v) is 2.56. The summed E-state index contributed by atoms with van der Waals surface area (Å²) in [5.74, 6) is 1.66. The summed E-state index contributed by atoms with van der Waals surface area (Å²) in [6.07, 6.45) is 3.41. The van der Waals surface area contributed by atoms with Gasteiger partial charge in [-0.1, -0.05) is 41.5 Å². The maximum absolute atomic E-state index is 5.77. The van der Waals surface area contributed by atoms with Crippen molar-refractivity contribution >= 4 is 11.5 Å². The van der Waals surface area contributed by atoms with Gasteiger partial charge in [-0.05, 0) is 23.0 Å². The average Bonchev–Trinajstić information content (AvgIpc) is 2.87. The molecule has 2 rings (SSSR count). The van der Waals surface area contributed by atoms with Crippen molar-refractivity contribution in [1.29, 1.82) is 0 Å². The smallest absolute Gasteiger partial charge is 0.174 e. The van der Waals surface area contributed by atoms with E-state index in [1.54, 1.807) is 19.6 Å². The van der Waals surface area contributed by atoms with Crippen molar-refractivity contribution in [2.75, 3.05) is 7.11 Å². The van der Waals surface area contributed by atoms with Crippen molar-refractivity contribution in [2.24, 2.45) is 17.3 Å².